The number of hydrogen-bond donors (Lipinski definition) is 0. The van der Waals surface area contributed by atoms with Gasteiger partial charge in [0, 0.05) is 29.9 Å². The molecule has 160 valence electrons. The number of carbonyl (C=O) groups excluding carboxylic acids is 1. The lowest BCUT2D eigenvalue weighted by Gasteiger charge is -2.06. The first kappa shape index (κ1) is 22.7. The number of hydrogen-bond acceptors (Lipinski definition) is 6. The van der Waals surface area contributed by atoms with Crippen molar-refractivity contribution in [3.8, 4) is 0 Å². The second-order valence-electron chi connectivity index (χ2n) is 6.51. The topological polar surface area (TPSA) is 77.7 Å². The molecule has 0 spiro atoms. The molecule has 1 aromatic heterocycles. The van der Waals surface area contributed by atoms with Crippen molar-refractivity contribution in [1.29, 1.82) is 0 Å². The summed E-state index contributed by atoms with van der Waals surface area (Å²) in [6.45, 7) is 5.57. The molecule has 1 amide bonds. The van der Waals surface area contributed by atoms with E-state index in [1.54, 1.807) is 36.0 Å². The van der Waals surface area contributed by atoms with Crippen molar-refractivity contribution in [2.24, 2.45) is 4.99 Å². The zero-order chi connectivity index (χ0) is 21.7. The highest BCUT2D eigenvalue weighted by Gasteiger charge is 2.13. The van der Waals surface area contributed by atoms with E-state index in [-0.39, 0.29) is 10.8 Å². The largest absolute Gasteiger partial charge is 0.380 e. The maximum absolute atomic E-state index is 12.8. The molecule has 9 heteroatoms. The van der Waals surface area contributed by atoms with E-state index in [4.69, 9.17) is 4.74 Å². The van der Waals surface area contributed by atoms with Crippen molar-refractivity contribution in [1.82, 2.24) is 4.57 Å². The van der Waals surface area contributed by atoms with Crippen molar-refractivity contribution < 1.29 is 17.9 Å². The number of rotatable bonds is 8. The van der Waals surface area contributed by atoms with Gasteiger partial charge in [0.1, 0.15) is 0 Å². The Morgan fingerprint density at radius 1 is 1.20 bits per heavy atom. The Balaban J connectivity index is 2.08. The Kier molecular flexibility index (Phi) is 7.51. The standard InChI is InChI=1S/C21H24N2O4S3/c1-4-27-12-11-23-18-10-9-17(30(3,25)26)14-19(18)29-21(23)22-20(24)15-7-6-8-16(13-15)28-5-2/h6-10,13-14H,4-5,11-12H2,1-3H3. The zero-order valence-corrected chi connectivity index (χ0v) is 19.6. The molecule has 6 nitrogen and oxygen atoms in total. The Bertz CT molecular complexity index is 1230. The minimum Gasteiger partial charge on any atom is -0.380 e. The summed E-state index contributed by atoms with van der Waals surface area (Å²) in [4.78, 5) is 19.0. The summed E-state index contributed by atoms with van der Waals surface area (Å²) in [5.41, 5.74) is 1.35. The number of fused-ring (bicyclic) bond motifs is 1. The van der Waals surface area contributed by atoms with Gasteiger partial charge in [-0.25, -0.2) is 8.42 Å². The molecule has 3 aromatic rings. The van der Waals surface area contributed by atoms with Gasteiger partial charge in [-0.2, -0.15) is 4.99 Å². The summed E-state index contributed by atoms with van der Waals surface area (Å²) >= 11 is 2.97. The third-order valence-corrected chi connectivity index (χ3v) is 7.36. The second kappa shape index (κ2) is 9.91. The van der Waals surface area contributed by atoms with Gasteiger partial charge < -0.3 is 9.30 Å². The monoisotopic (exact) mass is 464 g/mol. The number of amides is 1. The van der Waals surface area contributed by atoms with E-state index < -0.39 is 9.84 Å². The van der Waals surface area contributed by atoms with Crippen molar-refractivity contribution >= 4 is 49.1 Å². The van der Waals surface area contributed by atoms with Gasteiger partial charge in [-0.3, -0.25) is 4.79 Å². The summed E-state index contributed by atoms with van der Waals surface area (Å²) < 4.78 is 32.0. The Hall–Kier alpha value is -1.94. The molecule has 2 aromatic carbocycles. The van der Waals surface area contributed by atoms with Gasteiger partial charge in [0.15, 0.2) is 14.6 Å². The number of nitrogens with zero attached hydrogens (tertiary/aromatic N) is 2. The first-order chi connectivity index (χ1) is 14.3. The van der Waals surface area contributed by atoms with E-state index in [9.17, 15) is 13.2 Å². The smallest absolute Gasteiger partial charge is 0.279 e. The van der Waals surface area contributed by atoms with Crippen LogP contribution in [0.5, 0.6) is 0 Å². The van der Waals surface area contributed by atoms with E-state index in [0.717, 1.165) is 20.9 Å². The van der Waals surface area contributed by atoms with Crippen LogP contribution in [0.3, 0.4) is 0 Å². The average Bonchev–Trinajstić information content (AvgIpc) is 3.04. The fraction of sp³-hybridized carbons (Fsp3) is 0.333. The number of benzene rings is 2. The Labute approximate surface area is 184 Å². The van der Waals surface area contributed by atoms with E-state index >= 15 is 0 Å². The first-order valence-electron chi connectivity index (χ1n) is 9.56. The van der Waals surface area contributed by atoms with Crippen LogP contribution in [0, 0.1) is 0 Å². The fourth-order valence-electron chi connectivity index (χ4n) is 2.92. The Morgan fingerprint density at radius 2 is 2.00 bits per heavy atom. The fourth-order valence-corrected chi connectivity index (χ4v) is 5.46. The van der Waals surface area contributed by atoms with E-state index in [2.05, 4.69) is 11.9 Å². The van der Waals surface area contributed by atoms with Gasteiger partial charge in [0.05, 0.1) is 21.7 Å². The minimum absolute atomic E-state index is 0.246. The van der Waals surface area contributed by atoms with Crippen LogP contribution in [0.25, 0.3) is 10.2 Å². The molecule has 0 unspecified atom stereocenters. The second-order valence-corrected chi connectivity index (χ2v) is 10.9. The van der Waals surface area contributed by atoms with Gasteiger partial charge in [0.2, 0.25) is 0 Å². The SMILES string of the molecule is CCOCCn1c(=NC(=O)c2cccc(SCC)c2)sc2cc(S(C)(=O)=O)ccc21. The van der Waals surface area contributed by atoms with Gasteiger partial charge in [-0.15, -0.1) is 11.8 Å². The highest BCUT2D eigenvalue weighted by molar-refractivity contribution is 7.99. The lowest BCUT2D eigenvalue weighted by atomic mass is 10.2. The van der Waals surface area contributed by atoms with Crippen LogP contribution in [0.4, 0.5) is 0 Å². The average molecular weight is 465 g/mol. The molecule has 30 heavy (non-hydrogen) atoms. The van der Waals surface area contributed by atoms with Gasteiger partial charge in [0.25, 0.3) is 5.91 Å². The van der Waals surface area contributed by atoms with Gasteiger partial charge in [-0.05, 0) is 49.1 Å². The van der Waals surface area contributed by atoms with Crippen LogP contribution in [-0.4, -0.2) is 44.1 Å². The van der Waals surface area contributed by atoms with Crippen LogP contribution in [-0.2, 0) is 21.1 Å². The molecule has 0 bridgehead atoms. The maximum atomic E-state index is 12.8. The molecule has 0 fully saturated rings. The molecule has 0 N–H and O–H groups in total. The molecule has 0 atom stereocenters. The third-order valence-electron chi connectivity index (χ3n) is 4.33. The molecule has 0 aliphatic heterocycles. The molecule has 0 radical (unpaired) electrons. The lowest BCUT2D eigenvalue weighted by molar-refractivity contribution is 0.0996. The summed E-state index contributed by atoms with van der Waals surface area (Å²) in [6.07, 6.45) is 1.18. The van der Waals surface area contributed by atoms with Crippen LogP contribution in [0.2, 0.25) is 0 Å². The number of thiazole rings is 1. The number of ether oxygens (including phenoxy) is 1. The third kappa shape index (κ3) is 5.40. The van der Waals surface area contributed by atoms with Crippen molar-refractivity contribution in [3.05, 3.63) is 52.8 Å². The molecule has 0 saturated heterocycles. The molecule has 1 heterocycles. The predicted molar refractivity (Wildman–Crippen MR) is 122 cm³/mol. The summed E-state index contributed by atoms with van der Waals surface area (Å²) in [5, 5.41) is 0. The van der Waals surface area contributed by atoms with Crippen molar-refractivity contribution in [3.63, 3.8) is 0 Å². The molecule has 0 saturated carbocycles. The van der Waals surface area contributed by atoms with Crippen LogP contribution < -0.4 is 4.80 Å². The quantitative estimate of drug-likeness (QED) is 0.372. The van der Waals surface area contributed by atoms with E-state index in [1.807, 2.05) is 29.7 Å². The number of carbonyl (C=O) groups is 1. The number of thioether (sulfide) groups is 1. The van der Waals surface area contributed by atoms with E-state index in [0.29, 0.717) is 30.1 Å². The van der Waals surface area contributed by atoms with Crippen molar-refractivity contribution in [2.45, 2.75) is 30.2 Å². The van der Waals surface area contributed by atoms with Crippen LogP contribution in [0.1, 0.15) is 24.2 Å². The molecule has 3 rings (SSSR count). The normalized spacial score (nSPS) is 12.6. The van der Waals surface area contributed by atoms with E-state index in [1.165, 1.54) is 17.6 Å². The maximum Gasteiger partial charge on any atom is 0.279 e. The molecule has 0 aliphatic carbocycles. The highest BCUT2D eigenvalue weighted by atomic mass is 32.2. The lowest BCUT2D eigenvalue weighted by Crippen LogP contribution is -2.19. The molecular weight excluding hydrogens is 440 g/mol. The van der Waals surface area contributed by atoms with Crippen LogP contribution >= 0.6 is 23.1 Å². The van der Waals surface area contributed by atoms with Gasteiger partial charge in [-0.1, -0.05) is 24.3 Å². The van der Waals surface area contributed by atoms with Crippen molar-refractivity contribution in [2.75, 3.05) is 25.2 Å². The summed E-state index contributed by atoms with van der Waals surface area (Å²) in [5.74, 6) is 0.596. The summed E-state index contributed by atoms with van der Waals surface area (Å²) in [6, 6.07) is 12.4. The highest BCUT2D eigenvalue weighted by Crippen LogP contribution is 2.23. The first-order valence-corrected chi connectivity index (χ1v) is 13.3. The Morgan fingerprint density at radius 3 is 2.70 bits per heavy atom. The number of sulfone groups is 1. The minimum atomic E-state index is -3.32. The number of aromatic nitrogens is 1. The molecular formula is C21H24N2O4S3. The van der Waals surface area contributed by atoms with Crippen LogP contribution in [0.15, 0.2) is 57.2 Å². The summed E-state index contributed by atoms with van der Waals surface area (Å²) in [7, 11) is -3.32. The predicted octanol–water partition coefficient (Wildman–Crippen LogP) is 4.00. The van der Waals surface area contributed by atoms with Gasteiger partial charge >= 0.3 is 0 Å². The molecule has 0 aliphatic rings. The zero-order valence-electron chi connectivity index (χ0n) is 17.1.